The molecule has 0 spiro atoms. The van der Waals surface area contributed by atoms with Crippen LogP contribution in [0, 0.1) is 11.3 Å². The SMILES string of the molecule is N#CCCCn1cc(C(=O)N2CCC(c3ccccc3)CC2)c2ccccc21. The molecule has 1 aliphatic heterocycles. The maximum absolute atomic E-state index is 13.3. The van der Waals surface area contributed by atoms with Crippen molar-refractivity contribution in [2.75, 3.05) is 13.1 Å². The van der Waals surface area contributed by atoms with Crippen molar-refractivity contribution in [2.45, 2.75) is 38.1 Å². The van der Waals surface area contributed by atoms with Crippen LogP contribution < -0.4 is 0 Å². The van der Waals surface area contributed by atoms with Gasteiger partial charge in [0.05, 0.1) is 11.6 Å². The van der Waals surface area contributed by atoms with E-state index in [0.717, 1.165) is 55.4 Å². The minimum atomic E-state index is 0.127. The van der Waals surface area contributed by atoms with Gasteiger partial charge in [-0.25, -0.2) is 0 Å². The molecule has 1 amide bonds. The van der Waals surface area contributed by atoms with Crippen molar-refractivity contribution in [1.82, 2.24) is 9.47 Å². The summed E-state index contributed by atoms with van der Waals surface area (Å²) in [7, 11) is 0. The Hall–Kier alpha value is -3.06. The van der Waals surface area contributed by atoms with Crippen LogP contribution in [-0.4, -0.2) is 28.5 Å². The summed E-state index contributed by atoms with van der Waals surface area (Å²) < 4.78 is 2.12. The van der Waals surface area contributed by atoms with E-state index in [1.54, 1.807) is 0 Å². The zero-order valence-corrected chi connectivity index (χ0v) is 16.1. The second kappa shape index (κ2) is 8.31. The van der Waals surface area contributed by atoms with E-state index >= 15 is 0 Å². The third-order valence-electron chi connectivity index (χ3n) is 5.76. The summed E-state index contributed by atoms with van der Waals surface area (Å²) in [5.41, 5.74) is 3.23. The Labute approximate surface area is 166 Å². The lowest BCUT2D eigenvalue weighted by Crippen LogP contribution is -2.37. The van der Waals surface area contributed by atoms with Crippen LogP contribution in [0.3, 0.4) is 0 Å². The van der Waals surface area contributed by atoms with Gasteiger partial charge in [0.2, 0.25) is 0 Å². The predicted octanol–water partition coefficient (Wildman–Crippen LogP) is 4.96. The second-order valence-corrected chi connectivity index (χ2v) is 7.49. The van der Waals surface area contributed by atoms with Crippen LogP contribution in [0.25, 0.3) is 10.9 Å². The highest BCUT2D eigenvalue weighted by Gasteiger charge is 2.26. The molecule has 2 heterocycles. The molecule has 0 unspecified atom stereocenters. The summed E-state index contributed by atoms with van der Waals surface area (Å²) in [5, 5.41) is 9.81. The summed E-state index contributed by atoms with van der Waals surface area (Å²) in [6.07, 6.45) is 5.33. The Kier molecular flexibility index (Phi) is 5.43. The number of unbranched alkanes of at least 4 members (excludes halogenated alkanes) is 1. The maximum Gasteiger partial charge on any atom is 0.256 e. The number of likely N-dealkylation sites (tertiary alicyclic amines) is 1. The molecule has 0 radical (unpaired) electrons. The molecule has 3 aromatic rings. The Balaban J connectivity index is 1.51. The first-order chi connectivity index (χ1) is 13.8. The Morgan fingerprint density at radius 3 is 2.50 bits per heavy atom. The van der Waals surface area contributed by atoms with Crippen molar-refractivity contribution in [1.29, 1.82) is 5.26 Å². The topological polar surface area (TPSA) is 49.0 Å². The standard InChI is InChI=1S/C24H25N3O/c25-14-6-7-15-27-18-22(21-10-4-5-11-23(21)27)24(28)26-16-12-20(13-17-26)19-8-2-1-3-9-19/h1-5,8-11,18,20H,6-7,12-13,15-17H2. The molecule has 4 heteroatoms. The van der Waals surface area contributed by atoms with Gasteiger partial charge >= 0.3 is 0 Å². The molecule has 0 bridgehead atoms. The normalized spacial score (nSPS) is 14.9. The first kappa shape index (κ1) is 18.3. The zero-order valence-electron chi connectivity index (χ0n) is 16.1. The van der Waals surface area contributed by atoms with Gasteiger partial charge in [0.25, 0.3) is 5.91 Å². The largest absolute Gasteiger partial charge is 0.347 e. The third kappa shape index (κ3) is 3.66. The highest BCUT2D eigenvalue weighted by Crippen LogP contribution is 2.30. The van der Waals surface area contributed by atoms with E-state index in [1.807, 2.05) is 29.3 Å². The molecule has 2 aromatic carbocycles. The number of para-hydroxylation sites is 1. The number of carbonyl (C=O) groups excluding carboxylic acids is 1. The van der Waals surface area contributed by atoms with Gasteiger partial charge in [-0.2, -0.15) is 5.26 Å². The average Bonchev–Trinajstić information content (AvgIpc) is 3.13. The van der Waals surface area contributed by atoms with Gasteiger partial charge in [-0.1, -0.05) is 48.5 Å². The molecule has 1 aliphatic rings. The summed E-state index contributed by atoms with van der Waals surface area (Å²) in [4.78, 5) is 15.3. The van der Waals surface area contributed by atoms with Gasteiger partial charge in [0.1, 0.15) is 0 Å². The predicted molar refractivity (Wildman–Crippen MR) is 111 cm³/mol. The number of nitriles is 1. The molecule has 28 heavy (non-hydrogen) atoms. The van der Waals surface area contributed by atoms with Crippen LogP contribution in [0.4, 0.5) is 0 Å². The van der Waals surface area contributed by atoms with Gasteiger partial charge in [0.15, 0.2) is 0 Å². The second-order valence-electron chi connectivity index (χ2n) is 7.49. The number of carbonyl (C=O) groups is 1. The number of nitrogens with zero attached hydrogens (tertiary/aromatic N) is 3. The lowest BCUT2D eigenvalue weighted by atomic mass is 9.89. The van der Waals surface area contributed by atoms with E-state index < -0.39 is 0 Å². The number of amides is 1. The van der Waals surface area contributed by atoms with Crippen molar-refractivity contribution in [3.8, 4) is 6.07 Å². The Morgan fingerprint density at radius 2 is 1.75 bits per heavy atom. The number of benzene rings is 2. The summed E-state index contributed by atoms with van der Waals surface area (Å²) >= 11 is 0. The molecule has 4 rings (SSSR count). The van der Waals surface area contributed by atoms with E-state index in [1.165, 1.54) is 5.56 Å². The first-order valence-corrected chi connectivity index (χ1v) is 10.1. The average molecular weight is 371 g/mol. The van der Waals surface area contributed by atoms with E-state index in [9.17, 15) is 4.79 Å². The lowest BCUT2D eigenvalue weighted by molar-refractivity contribution is 0.0714. The van der Waals surface area contributed by atoms with Gasteiger partial charge in [-0.05, 0) is 36.8 Å². The van der Waals surface area contributed by atoms with Crippen LogP contribution in [0.1, 0.15) is 47.5 Å². The van der Waals surface area contributed by atoms with Crippen LogP contribution >= 0.6 is 0 Å². The Morgan fingerprint density at radius 1 is 1.04 bits per heavy atom. The van der Waals surface area contributed by atoms with Crippen molar-refractivity contribution >= 4 is 16.8 Å². The quantitative estimate of drug-likeness (QED) is 0.595. The van der Waals surface area contributed by atoms with Gasteiger partial charge in [0, 0.05) is 43.2 Å². The number of aryl methyl sites for hydroxylation is 1. The molecule has 0 N–H and O–H groups in total. The smallest absolute Gasteiger partial charge is 0.256 e. The van der Waals surface area contributed by atoms with Gasteiger partial charge < -0.3 is 9.47 Å². The molecule has 0 aliphatic carbocycles. The minimum absolute atomic E-state index is 0.127. The maximum atomic E-state index is 13.3. The number of rotatable bonds is 5. The van der Waals surface area contributed by atoms with Gasteiger partial charge in [-0.15, -0.1) is 0 Å². The third-order valence-corrected chi connectivity index (χ3v) is 5.76. The summed E-state index contributed by atoms with van der Waals surface area (Å²) in [6, 6.07) is 20.9. The van der Waals surface area contributed by atoms with E-state index in [-0.39, 0.29) is 5.91 Å². The van der Waals surface area contributed by atoms with Crippen molar-refractivity contribution in [3.63, 3.8) is 0 Å². The van der Waals surface area contributed by atoms with E-state index in [2.05, 4.69) is 47.0 Å². The minimum Gasteiger partial charge on any atom is -0.347 e. The molecular weight excluding hydrogens is 346 g/mol. The monoisotopic (exact) mass is 371 g/mol. The molecule has 1 fully saturated rings. The Bertz CT molecular complexity index is 992. The first-order valence-electron chi connectivity index (χ1n) is 10.1. The van der Waals surface area contributed by atoms with Crippen molar-refractivity contribution in [2.24, 2.45) is 0 Å². The number of aromatic nitrogens is 1. The molecular formula is C24H25N3O. The zero-order chi connectivity index (χ0) is 19.3. The van der Waals surface area contributed by atoms with Crippen molar-refractivity contribution < 1.29 is 4.79 Å². The van der Waals surface area contributed by atoms with Crippen molar-refractivity contribution in [3.05, 3.63) is 71.9 Å². The molecule has 1 saturated heterocycles. The number of fused-ring (bicyclic) bond motifs is 1. The summed E-state index contributed by atoms with van der Waals surface area (Å²) in [6.45, 7) is 2.36. The van der Waals surface area contributed by atoms with Crippen LogP contribution in [0.5, 0.6) is 0 Å². The molecule has 4 nitrogen and oxygen atoms in total. The number of hydrogen-bond acceptors (Lipinski definition) is 2. The fraction of sp³-hybridized carbons (Fsp3) is 0.333. The number of piperidine rings is 1. The molecule has 0 saturated carbocycles. The molecule has 0 atom stereocenters. The molecule has 1 aromatic heterocycles. The number of hydrogen-bond donors (Lipinski definition) is 0. The van der Waals surface area contributed by atoms with E-state index in [0.29, 0.717) is 12.3 Å². The highest BCUT2D eigenvalue weighted by atomic mass is 16.2. The fourth-order valence-electron chi connectivity index (χ4n) is 4.24. The lowest BCUT2D eigenvalue weighted by Gasteiger charge is -2.32. The molecule has 142 valence electrons. The summed E-state index contributed by atoms with van der Waals surface area (Å²) in [5.74, 6) is 0.666. The fourth-order valence-corrected chi connectivity index (χ4v) is 4.24. The van der Waals surface area contributed by atoms with Crippen LogP contribution in [0.15, 0.2) is 60.8 Å². The van der Waals surface area contributed by atoms with Crippen LogP contribution in [-0.2, 0) is 6.54 Å². The highest BCUT2D eigenvalue weighted by molar-refractivity contribution is 6.07. The van der Waals surface area contributed by atoms with Crippen LogP contribution in [0.2, 0.25) is 0 Å². The van der Waals surface area contributed by atoms with Gasteiger partial charge in [-0.3, -0.25) is 4.79 Å². The van der Waals surface area contributed by atoms with E-state index in [4.69, 9.17) is 5.26 Å².